The van der Waals surface area contributed by atoms with Crippen molar-refractivity contribution in [3.8, 4) is 0 Å². The second kappa shape index (κ2) is 10.4. The van der Waals surface area contributed by atoms with Gasteiger partial charge in [-0.1, -0.05) is 13.8 Å². The average molecular weight is 216 g/mol. The van der Waals surface area contributed by atoms with E-state index in [0.29, 0.717) is 6.04 Å². The van der Waals surface area contributed by atoms with Gasteiger partial charge in [-0.2, -0.15) is 0 Å². The fourth-order valence-corrected chi connectivity index (χ4v) is 1.33. The standard InChI is InChI=1S/C12H28N2O/c1-5-15-8-6-7-14-12(4)10-13-9-11(2)3/h11-14H,5-10H2,1-4H3. The fourth-order valence-electron chi connectivity index (χ4n) is 1.33. The third kappa shape index (κ3) is 11.8. The predicted octanol–water partition coefficient (Wildman–Crippen LogP) is 1.64. The lowest BCUT2D eigenvalue weighted by molar-refractivity contribution is 0.144. The lowest BCUT2D eigenvalue weighted by Crippen LogP contribution is -2.38. The molecule has 0 radical (unpaired) electrons. The molecule has 2 N–H and O–H groups in total. The Morgan fingerprint density at radius 3 is 2.47 bits per heavy atom. The fraction of sp³-hybridized carbons (Fsp3) is 1.00. The van der Waals surface area contributed by atoms with Crippen LogP contribution in [0.5, 0.6) is 0 Å². The van der Waals surface area contributed by atoms with E-state index < -0.39 is 0 Å². The molecule has 0 aliphatic heterocycles. The molecule has 0 aromatic carbocycles. The van der Waals surface area contributed by atoms with E-state index in [4.69, 9.17) is 4.74 Å². The van der Waals surface area contributed by atoms with Gasteiger partial charge in [0.1, 0.15) is 0 Å². The van der Waals surface area contributed by atoms with Crippen molar-refractivity contribution in [3.05, 3.63) is 0 Å². The van der Waals surface area contributed by atoms with Crippen LogP contribution in [0.2, 0.25) is 0 Å². The maximum atomic E-state index is 5.27. The van der Waals surface area contributed by atoms with Gasteiger partial charge in [-0.3, -0.25) is 0 Å². The van der Waals surface area contributed by atoms with E-state index in [-0.39, 0.29) is 0 Å². The van der Waals surface area contributed by atoms with E-state index in [1.807, 2.05) is 6.92 Å². The number of ether oxygens (including phenoxy) is 1. The second-order valence-electron chi connectivity index (χ2n) is 4.46. The molecule has 0 bridgehead atoms. The zero-order valence-corrected chi connectivity index (χ0v) is 10.8. The van der Waals surface area contributed by atoms with Crippen LogP contribution in [0.3, 0.4) is 0 Å². The Kier molecular flexibility index (Phi) is 10.3. The van der Waals surface area contributed by atoms with Gasteiger partial charge in [0, 0.05) is 25.8 Å². The van der Waals surface area contributed by atoms with E-state index in [2.05, 4.69) is 31.4 Å². The molecule has 1 unspecified atom stereocenters. The molecule has 3 nitrogen and oxygen atoms in total. The van der Waals surface area contributed by atoms with E-state index >= 15 is 0 Å². The van der Waals surface area contributed by atoms with Crippen molar-refractivity contribution in [1.29, 1.82) is 0 Å². The number of nitrogens with one attached hydrogen (secondary N) is 2. The Bertz CT molecular complexity index is 129. The molecule has 0 aliphatic carbocycles. The summed E-state index contributed by atoms with van der Waals surface area (Å²) in [4.78, 5) is 0. The van der Waals surface area contributed by atoms with Gasteiger partial charge >= 0.3 is 0 Å². The molecule has 1 atom stereocenters. The van der Waals surface area contributed by atoms with Gasteiger partial charge in [-0.05, 0) is 39.3 Å². The average Bonchev–Trinajstić information content (AvgIpc) is 2.17. The Hall–Kier alpha value is -0.120. The van der Waals surface area contributed by atoms with Gasteiger partial charge in [0.05, 0.1) is 0 Å². The van der Waals surface area contributed by atoms with E-state index in [0.717, 1.165) is 45.2 Å². The largest absolute Gasteiger partial charge is 0.382 e. The van der Waals surface area contributed by atoms with Crippen molar-refractivity contribution in [2.75, 3.05) is 32.8 Å². The Balaban J connectivity index is 3.15. The van der Waals surface area contributed by atoms with Crippen LogP contribution in [0.15, 0.2) is 0 Å². The summed E-state index contributed by atoms with van der Waals surface area (Å²) in [5.74, 6) is 0.732. The summed E-state index contributed by atoms with van der Waals surface area (Å²) >= 11 is 0. The Morgan fingerprint density at radius 2 is 1.87 bits per heavy atom. The topological polar surface area (TPSA) is 33.3 Å². The molecular formula is C12H28N2O. The first kappa shape index (κ1) is 14.9. The van der Waals surface area contributed by atoms with Crippen molar-refractivity contribution < 1.29 is 4.74 Å². The molecule has 0 aromatic rings. The van der Waals surface area contributed by atoms with Crippen molar-refractivity contribution in [2.24, 2.45) is 5.92 Å². The van der Waals surface area contributed by atoms with Crippen LogP contribution < -0.4 is 10.6 Å². The Labute approximate surface area is 95.0 Å². The maximum absolute atomic E-state index is 5.27. The van der Waals surface area contributed by atoms with Crippen LogP contribution in [0.1, 0.15) is 34.1 Å². The summed E-state index contributed by atoms with van der Waals surface area (Å²) in [6.45, 7) is 13.6. The number of hydrogen-bond donors (Lipinski definition) is 2. The SMILES string of the molecule is CCOCCCNC(C)CNCC(C)C. The van der Waals surface area contributed by atoms with Crippen LogP contribution in [-0.2, 0) is 4.74 Å². The third-order valence-electron chi connectivity index (χ3n) is 2.17. The van der Waals surface area contributed by atoms with Crippen molar-refractivity contribution in [3.63, 3.8) is 0 Å². The second-order valence-corrected chi connectivity index (χ2v) is 4.46. The molecule has 3 heteroatoms. The number of rotatable bonds is 10. The Morgan fingerprint density at radius 1 is 1.13 bits per heavy atom. The summed E-state index contributed by atoms with van der Waals surface area (Å²) in [5.41, 5.74) is 0. The summed E-state index contributed by atoms with van der Waals surface area (Å²) in [6.07, 6.45) is 1.10. The minimum Gasteiger partial charge on any atom is -0.382 e. The quantitative estimate of drug-likeness (QED) is 0.545. The summed E-state index contributed by atoms with van der Waals surface area (Å²) in [5, 5.41) is 6.92. The summed E-state index contributed by atoms with van der Waals surface area (Å²) in [7, 11) is 0. The van der Waals surface area contributed by atoms with Crippen LogP contribution in [0.4, 0.5) is 0 Å². The normalized spacial score (nSPS) is 13.4. The van der Waals surface area contributed by atoms with Gasteiger partial charge in [0.25, 0.3) is 0 Å². The highest BCUT2D eigenvalue weighted by molar-refractivity contribution is 4.64. The molecule has 0 saturated heterocycles. The molecule has 0 aromatic heterocycles. The molecule has 0 saturated carbocycles. The van der Waals surface area contributed by atoms with Gasteiger partial charge in [-0.25, -0.2) is 0 Å². The zero-order valence-electron chi connectivity index (χ0n) is 10.8. The zero-order chi connectivity index (χ0) is 11.5. The van der Waals surface area contributed by atoms with Gasteiger partial charge in [0.2, 0.25) is 0 Å². The number of hydrogen-bond acceptors (Lipinski definition) is 3. The lowest BCUT2D eigenvalue weighted by Gasteiger charge is -2.15. The molecule has 92 valence electrons. The molecule has 0 heterocycles. The van der Waals surface area contributed by atoms with E-state index in [1.165, 1.54) is 0 Å². The maximum Gasteiger partial charge on any atom is 0.0477 e. The van der Waals surface area contributed by atoms with Gasteiger partial charge < -0.3 is 15.4 Å². The minimum absolute atomic E-state index is 0.547. The first-order valence-electron chi connectivity index (χ1n) is 6.18. The van der Waals surface area contributed by atoms with Gasteiger partial charge in [0.15, 0.2) is 0 Å². The van der Waals surface area contributed by atoms with Crippen LogP contribution in [-0.4, -0.2) is 38.9 Å². The first-order valence-corrected chi connectivity index (χ1v) is 6.18. The van der Waals surface area contributed by atoms with Gasteiger partial charge in [-0.15, -0.1) is 0 Å². The smallest absolute Gasteiger partial charge is 0.0477 e. The van der Waals surface area contributed by atoms with Crippen LogP contribution >= 0.6 is 0 Å². The molecule has 0 spiro atoms. The molecule has 0 rings (SSSR count). The molecule has 0 aliphatic rings. The van der Waals surface area contributed by atoms with Crippen molar-refractivity contribution >= 4 is 0 Å². The van der Waals surface area contributed by atoms with E-state index in [1.54, 1.807) is 0 Å². The van der Waals surface area contributed by atoms with Crippen molar-refractivity contribution in [2.45, 2.75) is 40.2 Å². The van der Waals surface area contributed by atoms with Crippen LogP contribution in [0, 0.1) is 5.92 Å². The first-order chi connectivity index (χ1) is 7.16. The highest BCUT2D eigenvalue weighted by atomic mass is 16.5. The molecule has 0 amide bonds. The minimum atomic E-state index is 0.547. The molecule has 15 heavy (non-hydrogen) atoms. The van der Waals surface area contributed by atoms with Crippen molar-refractivity contribution in [1.82, 2.24) is 10.6 Å². The molecule has 0 fully saturated rings. The lowest BCUT2D eigenvalue weighted by atomic mass is 10.2. The summed E-state index contributed by atoms with van der Waals surface area (Å²) in [6, 6.07) is 0.547. The van der Waals surface area contributed by atoms with E-state index in [9.17, 15) is 0 Å². The third-order valence-corrected chi connectivity index (χ3v) is 2.17. The molecular weight excluding hydrogens is 188 g/mol. The van der Waals surface area contributed by atoms with Crippen LogP contribution in [0.25, 0.3) is 0 Å². The summed E-state index contributed by atoms with van der Waals surface area (Å²) < 4.78 is 5.27. The highest BCUT2D eigenvalue weighted by Crippen LogP contribution is 1.88. The predicted molar refractivity (Wildman–Crippen MR) is 66.3 cm³/mol. The highest BCUT2D eigenvalue weighted by Gasteiger charge is 2.00. The monoisotopic (exact) mass is 216 g/mol.